The van der Waals surface area contributed by atoms with Gasteiger partial charge in [-0.2, -0.15) is 0 Å². The van der Waals surface area contributed by atoms with Crippen LogP contribution < -0.4 is 15.8 Å². The summed E-state index contributed by atoms with van der Waals surface area (Å²) in [5, 5.41) is 2.73. The summed E-state index contributed by atoms with van der Waals surface area (Å²) >= 11 is 2.97. The summed E-state index contributed by atoms with van der Waals surface area (Å²) in [5.41, 5.74) is 6.54. The molecule has 0 unspecified atom stereocenters. The summed E-state index contributed by atoms with van der Waals surface area (Å²) in [5.74, 6) is 5.60. The largest absolute Gasteiger partial charge is 0.480 e. The van der Waals surface area contributed by atoms with Crippen LogP contribution >= 0.6 is 23.1 Å². The van der Waals surface area contributed by atoms with Crippen LogP contribution in [0.25, 0.3) is 10.2 Å². The van der Waals surface area contributed by atoms with Crippen LogP contribution in [-0.2, 0) is 4.79 Å². The topological polar surface area (TPSA) is 94.3 Å². The first-order valence-corrected chi connectivity index (χ1v) is 10.2. The molecule has 0 saturated heterocycles. The second kappa shape index (κ2) is 9.78. The molecule has 1 heterocycles. The molecule has 8 heteroatoms. The van der Waals surface area contributed by atoms with E-state index in [4.69, 9.17) is 10.5 Å². The van der Waals surface area contributed by atoms with Crippen LogP contribution in [0.15, 0.2) is 52.9 Å². The molecular formula is C20H17N3O3S2. The summed E-state index contributed by atoms with van der Waals surface area (Å²) in [6.07, 6.45) is 0. The van der Waals surface area contributed by atoms with Crippen LogP contribution in [0.3, 0.4) is 0 Å². The molecule has 3 rings (SSSR count). The Morgan fingerprint density at radius 1 is 1.14 bits per heavy atom. The monoisotopic (exact) mass is 411 g/mol. The van der Waals surface area contributed by atoms with E-state index in [0.717, 1.165) is 14.6 Å². The predicted octanol–water partition coefficient (Wildman–Crippen LogP) is 2.69. The normalized spacial score (nSPS) is 10.1. The average Bonchev–Trinajstić information content (AvgIpc) is 3.12. The van der Waals surface area contributed by atoms with Gasteiger partial charge in [0.15, 0.2) is 4.34 Å². The van der Waals surface area contributed by atoms with Crippen molar-refractivity contribution >= 4 is 45.1 Å². The number of carbonyl (C=O) groups is 2. The Hall–Kier alpha value is -3.02. The number of fused-ring (bicyclic) bond motifs is 1. The van der Waals surface area contributed by atoms with Crippen LogP contribution in [0.1, 0.15) is 10.4 Å². The lowest BCUT2D eigenvalue weighted by molar-refractivity contribution is -0.118. The van der Waals surface area contributed by atoms with E-state index in [2.05, 4.69) is 22.1 Å². The molecule has 1 aromatic heterocycles. The van der Waals surface area contributed by atoms with Crippen molar-refractivity contribution in [3.8, 4) is 17.6 Å². The molecule has 3 N–H and O–H groups in total. The lowest BCUT2D eigenvalue weighted by Gasteiger charge is -2.05. The maximum Gasteiger partial charge on any atom is 0.252 e. The molecule has 0 aliphatic rings. The van der Waals surface area contributed by atoms with E-state index in [1.165, 1.54) is 11.8 Å². The highest BCUT2D eigenvalue weighted by molar-refractivity contribution is 8.01. The molecule has 0 spiro atoms. The van der Waals surface area contributed by atoms with Gasteiger partial charge in [-0.1, -0.05) is 47.9 Å². The molecule has 2 amide bonds. The minimum absolute atomic E-state index is 0.0978. The van der Waals surface area contributed by atoms with Crippen LogP contribution in [0.4, 0.5) is 0 Å². The fourth-order valence-electron chi connectivity index (χ4n) is 2.26. The van der Waals surface area contributed by atoms with Gasteiger partial charge < -0.3 is 15.8 Å². The molecule has 6 nitrogen and oxygen atoms in total. The minimum Gasteiger partial charge on any atom is -0.480 e. The summed E-state index contributed by atoms with van der Waals surface area (Å²) in [4.78, 5) is 27.7. The van der Waals surface area contributed by atoms with Gasteiger partial charge in [-0.15, -0.1) is 11.3 Å². The Balaban J connectivity index is 1.38. The van der Waals surface area contributed by atoms with E-state index < -0.39 is 5.91 Å². The smallest absolute Gasteiger partial charge is 0.252 e. The van der Waals surface area contributed by atoms with Gasteiger partial charge >= 0.3 is 0 Å². The second-order valence-corrected chi connectivity index (χ2v) is 7.77. The molecule has 0 bridgehead atoms. The van der Waals surface area contributed by atoms with Gasteiger partial charge in [-0.25, -0.2) is 4.98 Å². The summed E-state index contributed by atoms with van der Waals surface area (Å²) in [6.45, 7) is 0.320. The van der Waals surface area contributed by atoms with Crippen molar-refractivity contribution in [2.45, 2.75) is 4.34 Å². The number of benzene rings is 2. The Bertz CT molecular complexity index is 1020. The number of amides is 2. The van der Waals surface area contributed by atoms with Gasteiger partial charge in [0.25, 0.3) is 5.91 Å². The van der Waals surface area contributed by atoms with Crippen molar-refractivity contribution in [3.05, 3.63) is 54.1 Å². The fraction of sp³-hybridized carbons (Fsp3) is 0.150. The van der Waals surface area contributed by atoms with Crippen molar-refractivity contribution < 1.29 is 14.3 Å². The van der Waals surface area contributed by atoms with Gasteiger partial charge in [-0.3, -0.25) is 9.59 Å². The number of hydrogen-bond donors (Lipinski definition) is 2. The fourth-order valence-corrected chi connectivity index (χ4v) is 4.16. The number of nitrogens with one attached hydrogen (secondary N) is 1. The average molecular weight is 412 g/mol. The number of para-hydroxylation sites is 2. The number of rotatable bonds is 7. The Morgan fingerprint density at radius 2 is 1.93 bits per heavy atom. The Morgan fingerprint density at radius 3 is 2.75 bits per heavy atom. The molecule has 0 aliphatic carbocycles. The van der Waals surface area contributed by atoms with E-state index in [9.17, 15) is 9.59 Å². The Labute approximate surface area is 170 Å². The number of nitrogens with zero attached hydrogens (tertiary/aromatic N) is 1. The zero-order valence-corrected chi connectivity index (χ0v) is 16.4. The Kier molecular flexibility index (Phi) is 6.89. The highest BCUT2D eigenvalue weighted by Gasteiger charge is 2.08. The van der Waals surface area contributed by atoms with Gasteiger partial charge in [0, 0.05) is 0 Å². The molecule has 0 fully saturated rings. The van der Waals surface area contributed by atoms with Crippen LogP contribution in [-0.4, -0.2) is 35.7 Å². The summed E-state index contributed by atoms with van der Waals surface area (Å²) in [7, 11) is 0. The molecule has 0 aliphatic heterocycles. The molecule has 3 aromatic rings. The summed E-state index contributed by atoms with van der Waals surface area (Å²) in [6, 6.07) is 14.6. The van der Waals surface area contributed by atoms with Crippen molar-refractivity contribution in [2.75, 3.05) is 18.9 Å². The standard InChI is InChI=1S/C20H17N3O3S2/c21-19(25)14-7-1-3-9-16(14)26-12-6-5-11-22-18(24)13-27-20-23-15-8-2-4-10-17(15)28-20/h1-4,7-10H,11-13H2,(H2,21,25)(H,22,24). The third kappa shape index (κ3) is 5.49. The number of thioether (sulfide) groups is 1. The van der Waals surface area contributed by atoms with Gasteiger partial charge in [0.2, 0.25) is 5.91 Å². The number of aromatic nitrogens is 1. The zero-order valence-electron chi connectivity index (χ0n) is 14.8. The third-order valence-electron chi connectivity index (χ3n) is 3.55. The van der Waals surface area contributed by atoms with Gasteiger partial charge in [-0.05, 0) is 24.3 Å². The maximum absolute atomic E-state index is 11.9. The van der Waals surface area contributed by atoms with Crippen molar-refractivity contribution in [1.29, 1.82) is 0 Å². The molecule has 0 radical (unpaired) electrons. The van der Waals surface area contributed by atoms with Crippen molar-refractivity contribution in [1.82, 2.24) is 10.3 Å². The quantitative estimate of drug-likeness (QED) is 0.460. The molecule has 2 aromatic carbocycles. The highest BCUT2D eigenvalue weighted by Crippen LogP contribution is 2.28. The van der Waals surface area contributed by atoms with Crippen molar-refractivity contribution in [2.24, 2.45) is 5.73 Å². The molecule has 0 atom stereocenters. The first-order chi connectivity index (χ1) is 13.6. The van der Waals surface area contributed by atoms with E-state index >= 15 is 0 Å². The van der Waals surface area contributed by atoms with Crippen LogP contribution in [0.5, 0.6) is 5.75 Å². The van der Waals surface area contributed by atoms with Crippen LogP contribution in [0.2, 0.25) is 0 Å². The number of primary amides is 1. The summed E-state index contributed by atoms with van der Waals surface area (Å²) < 4.78 is 7.41. The van der Waals surface area contributed by atoms with Crippen LogP contribution in [0, 0.1) is 11.8 Å². The zero-order chi connectivity index (χ0) is 19.8. The molecule has 142 valence electrons. The van der Waals surface area contributed by atoms with E-state index in [-0.39, 0.29) is 24.8 Å². The lowest BCUT2D eigenvalue weighted by atomic mass is 10.2. The number of thiazole rings is 1. The lowest BCUT2D eigenvalue weighted by Crippen LogP contribution is -2.25. The van der Waals surface area contributed by atoms with E-state index in [1.807, 2.05) is 24.3 Å². The van der Waals surface area contributed by atoms with Gasteiger partial charge in [0.05, 0.1) is 28.1 Å². The van der Waals surface area contributed by atoms with E-state index in [0.29, 0.717) is 11.3 Å². The van der Waals surface area contributed by atoms with Crippen molar-refractivity contribution in [3.63, 3.8) is 0 Å². The third-order valence-corrected chi connectivity index (χ3v) is 5.73. The molecular weight excluding hydrogens is 394 g/mol. The first-order valence-electron chi connectivity index (χ1n) is 8.36. The molecule has 0 saturated carbocycles. The SMILES string of the molecule is NC(=O)c1ccccc1OCC#CCNC(=O)CSc1nc2ccccc2s1. The maximum atomic E-state index is 11.9. The number of hydrogen-bond acceptors (Lipinski definition) is 6. The van der Waals surface area contributed by atoms with E-state index in [1.54, 1.807) is 35.6 Å². The molecule has 28 heavy (non-hydrogen) atoms. The first kappa shape index (κ1) is 19.7. The highest BCUT2D eigenvalue weighted by atomic mass is 32.2. The predicted molar refractivity (Wildman–Crippen MR) is 112 cm³/mol. The minimum atomic E-state index is -0.554. The second-order valence-electron chi connectivity index (χ2n) is 5.52. The number of ether oxygens (including phenoxy) is 1. The number of nitrogens with two attached hydrogens (primary N) is 1. The number of carbonyl (C=O) groups excluding carboxylic acids is 2. The van der Waals surface area contributed by atoms with Gasteiger partial charge in [0.1, 0.15) is 12.4 Å².